The van der Waals surface area contributed by atoms with Gasteiger partial charge in [-0.2, -0.15) is 0 Å². The van der Waals surface area contributed by atoms with E-state index in [9.17, 15) is 19.0 Å². The molecule has 0 spiro atoms. The average Bonchev–Trinajstić information content (AvgIpc) is 3.68. The normalized spacial score (nSPS) is 13.0. The minimum absolute atomic E-state index is 0.0371. The molecule has 0 fully saturated rings. The lowest BCUT2D eigenvalue weighted by atomic mass is 10.0. The fourth-order valence-electron chi connectivity index (χ4n) is 12.1. The minimum atomic E-state index is -4.39. The van der Waals surface area contributed by atoms with E-state index in [1.165, 1.54) is 353 Å². The summed E-state index contributed by atoms with van der Waals surface area (Å²) in [7, 11) is 1.51. The van der Waals surface area contributed by atoms with Crippen LogP contribution in [0.3, 0.4) is 0 Å². The molecule has 1 N–H and O–H groups in total. The number of likely N-dealkylation sites (N-methyl/N-ethyl adjacent to an activating group) is 1. The average molecular weight is 1250 g/mol. The van der Waals surface area contributed by atoms with Crippen molar-refractivity contribution in [3.8, 4) is 0 Å². The highest BCUT2D eigenvalue weighted by Crippen LogP contribution is 2.43. The number of rotatable bonds is 74. The van der Waals surface area contributed by atoms with E-state index < -0.39 is 26.5 Å². The standard InChI is InChI=1S/C77H152NO8P/c1-6-8-10-12-14-16-18-20-22-24-26-28-30-32-33-34-35-36-37-38-39-40-41-42-43-44-45-46-48-50-52-54-56-58-60-62-64-66-68-70-77(80)86-75(74-85-87(81,82)84-72-71-78(3,4)5)73-83-76(79)69-67-65-63-61-59-57-55-53-51-49-47-31-29-27-25-23-21-19-17-15-13-11-9-7-2/h24,26,75H,6-23,25,27-74H2,1-5H3/p+1/b26-24-. The highest BCUT2D eigenvalue weighted by molar-refractivity contribution is 7.47. The molecule has 0 saturated heterocycles. The molecule has 0 heterocycles. The maximum Gasteiger partial charge on any atom is 0.472 e. The quantitative estimate of drug-likeness (QED) is 0.0211. The highest BCUT2D eigenvalue weighted by atomic mass is 31.2. The molecule has 0 rings (SSSR count). The number of carbonyl (C=O) groups excluding carboxylic acids is 2. The van der Waals surface area contributed by atoms with Crippen molar-refractivity contribution in [1.82, 2.24) is 0 Å². The number of allylic oxidation sites excluding steroid dienone is 2. The van der Waals surface area contributed by atoms with Gasteiger partial charge in [0.15, 0.2) is 6.10 Å². The van der Waals surface area contributed by atoms with Crippen LogP contribution in [0.25, 0.3) is 0 Å². The number of unbranched alkanes of at least 4 members (excludes halogenated alkanes) is 58. The second-order valence-corrected chi connectivity index (χ2v) is 29.6. The van der Waals surface area contributed by atoms with Gasteiger partial charge in [0.05, 0.1) is 27.7 Å². The van der Waals surface area contributed by atoms with Crippen LogP contribution in [-0.2, 0) is 32.7 Å². The highest BCUT2D eigenvalue weighted by Gasteiger charge is 2.27. The number of quaternary nitrogens is 1. The Hall–Kier alpha value is -1.25. The van der Waals surface area contributed by atoms with Crippen LogP contribution in [0, 0.1) is 0 Å². The van der Waals surface area contributed by atoms with Crippen molar-refractivity contribution in [1.29, 1.82) is 0 Å². The van der Waals surface area contributed by atoms with Gasteiger partial charge in [-0.25, -0.2) is 4.57 Å². The van der Waals surface area contributed by atoms with E-state index in [4.69, 9.17) is 18.5 Å². The second kappa shape index (κ2) is 69.1. The molecule has 0 aliphatic rings. The van der Waals surface area contributed by atoms with Crippen molar-refractivity contribution in [2.75, 3.05) is 47.5 Å². The molecule has 0 bridgehead atoms. The summed E-state index contributed by atoms with van der Waals surface area (Å²) in [5.41, 5.74) is 0. The lowest BCUT2D eigenvalue weighted by Gasteiger charge is -2.24. The summed E-state index contributed by atoms with van der Waals surface area (Å²) in [6.07, 6.45) is 86.5. The smallest absolute Gasteiger partial charge is 0.462 e. The zero-order valence-corrected chi connectivity index (χ0v) is 60.2. The van der Waals surface area contributed by atoms with Crippen molar-refractivity contribution in [3.63, 3.8) is 0 Å². The Morgan fingerprint density at radius 2 is 0.586 bits per heavy atom. The molecule has 0 aromatic carbocycles. The molecule has 2 unspecified atom stereocenters. The van der Waals surface area contributed by atoms with Crippen molar-refractivity contribution in [2.45, 2.75) is 424 Å². The van der Waals surface area contributed by atoms with Gasteiger partial charge in [-0.3, -0.25) is 18.6 Å². The number of carbonyl (C=O) groups is 2. The monoisotopic (exact) mass is 1250 g/mol. The van der Waals surface area contributed by atoms with Gasteiger partial charge in [-0.1, -0.05) is 379 Å². The minimum Gasteiger partial charge on any atom is -0.462 e. The number of hydrogen-bond acceptors (Lipinski definition) is 7. The number of ether oxygens (including phenoxy) is 2. The fourth-order valence-corrected chi connectivity index (χ4v) is 12.8. The van der Waals surface area contributed by atoms with Crippen molar-refractivity contribution < 1.29 is 42.1 Å². The van der Waals surface area contributed by atoms with Gasteiger partial charge in [0.25, 0.3) is 0 Å². The van der Waals surface area contributed by atoms with E-state index >= 15 is 0 Å². The van der Waals surface area contributed by atoms with Gasteiger partial charge < -0.3 is 18.9 Å². The molecule has 10 heteroatoms. The van der Waals surface area contributed by atoms with Gasteiger partial charge in [0.2, 0.25) is 0 Å². The summed E-state index contributed by atoms with van der Waals surface area (Å²) in [6, 6.07) is 0. The lowest BCUT2D eigenvalue weighted by Crippen LogP contribution is -2.37. The number of phosphoric ester groups is 1. The Balaban J connectivity index is 3.87. The van der Waals surface area contributed by atoms with Crippen LogP contribution in [0.4, 0.5) is 0 Å². The predicted octanol–water partition coefficient (Wildman–Crippen LogP) is 25.5. The molecule has 0 aromatic rings. The molecule has 518 valence electrons. The van der Waals surface area contributed by atoms with E-state index in [0.717, 1.165) is 38.5 Å². The second-order valence-electron chi connectivity index (χ2n) is 28.1. The summed E-state index contributed by atoms with van der Waals surface area (Å²) in [6.45, 7) is 4.53. The first-order chi connectivity index (χ1) is 42.5. The summed E-state index contributed by atoms with van der Waals surface area (Å²) in [5, 5.41) is 0. The van der Waals surface area contributed by atoms with Crippen molar-refractivity contribution in [2.24, 2.45) is 0 Å². The first kappa shape index (κ1) is 85.8. The number of esters is 2. The molecule has 0 aliphatic heterocycles. The first-order valence-corrected chi connectivity index (χ1v) is 40.4. The van der Waals surface area contributed by atoms with Gasteiger partial charge >= 0.3 is 19.8 Å². The predicted molar refractivity (Wildman–Crippen MR) is 377 cm³/mol. The molecule has 0 saturated carbocycles. The Morgan fingerprint density at radius 3 is 0.851 bits per heavy atom. The van der Waals surface area contributed by atoms with Crippen LogP contribution in [-0.4, -0.2) is 74.9 Å². The first-order valence-electron chi connectivity index (χ1n) is 38.9. The van der Waals surface area contributed by atoms with E-state index in [2.05, 4.69) is 26.0 Å². The van der Waals surface area contributed by atoms with Gasteiger partial charge in [-0.15, -0.1) is 0 Å². The maximum atomic E-state index is 12.9. The Kier molecular flexibility index (Phi) is 68.1. The molecular formula is C77H153NO8P+. The lowest BCUT2D eigenvalue weighted by molar-refractivity contribution is -0.870. The zero-order chi connectivity index (χ0) is 63.4. The number of phosphoric acid groups is 1. The van der Waals surface area contributed by atoms with E-state index in [1.54, 1.807) is 0 Å². The third-order valence-electron chi connectivity index (χ3n) is 18.0. The fraction of sp³-hybridized carbons (Fsp3) is 0.948. The topological polar surface area (TPSA) is 108 Å². The van der Waals surface area contributed by atoms with Crippen LogP contribution in [0.5, 0.6) is 0 Å². The number of hydrogen-bond donors (Lipinski definition) is 1. The largest absolute Gasteiger partial charge is 0.472 e. The van der Waals surface area contributed by atoms with E-state index in [0.29, 0.717) is 17.4 Å². The summed E-state index contributed by atoms with van der Waals surface area (Å²) < 4.78 is 34.8. The Bertz CT molecular complexity index is 1470. The van der Waals surface area contributed by atoms with E-state index in [1.807, 2.05) is 21.1 Å². The maximum absolute atomic E-state index is 12.9. The summed E-state index contributed by atoms with van der Waals surface area (Å²) >= 11 is 0. The van der Waals surface area contributed by atoms with Gasteiger partial charge in [0, 0.05) is 12.8 Å². The molecular weight excluding hydrogens is 1100 g/mol. The van der Waals surface area contributed by atoms with Gasteiger partial charge in [-0.05, 0) is 38.5 Å². The van der Waals surface area contributed by atoms with Crippen LogP contribution >= 0.6 is 7.82 Å². The molecule has 0 aromatic heterocycles. The van der Waals surface area contributed by atoms with Crippen LogP contribution < -0.4 is 0 Å². The SMILES string of the molecule is CCCCCCCCCC/C=C\CCCCCCCCCCCCCCCCCCCCCCCCCCCCCC(=O)OC(COC(=O)CCCCCCCCCCCCCCCCCCCCCCCCCC)COP(=O)(O)OCC[N+](C)(C)C. The zero-order valence-electron chi connectivity index (χ0n) is 59.3. The van der Waals surface area contributed by atoms with Crippen molar-refractivity contribution in [3.05, 3.63) is 12.2 Å². The van der Waals surface area contributed by atoms with Gasteiger partial charge in [0.1, 0.15) is 19.8 Å². The Morgan fingerprint density at radius 1 is 0.345 bits per heavy atom. The molecule has 87 heavy (non-hydrogen) atoms. The Labute approximate surface area is 543 Å². The number of nitrogens with zero attached hydrogens (tertiary/aromatic N) is 1. The third-order valence-corrected chi connectivity index (χ3v) is 19.0. The third kappa shape index (κ3) is 73.7. The van der Waals surface area contributed by atoms with Crippen LogP contribution in [0.2, 0.25) is 0 Å². The van der Waals surface area contributed by atoms with Crippen molar-refractivity contribution >= 4 is 19.8 Å². The summed E-state index contributed by atoms with van der Waals surface area (Å²) in [5.74, 6) is -0.767. The molecule has 2 atom stereocenters. The van der Waals surface area contributed by atoms with E-state index in [-0.39, 0.29) is 25.6 Å². The molecule has 0 radical (unpaired) electrons. The summed E-state index contributed by atoms with van der Waals surface area (Å²) in [4.78, 5) is 35.9. The van der Waals surface area contributed by atoms with Crippen LogP contribution in [0.1, 0.15) is 418 Å². The van der Waals surface area contributed by atoms with Crippen LogP contribution in [0.15, 0.2) is 12.2 Å². The molecule has 0 amide bonds. The molecule has 0 aliphatic carbocycles. The molecule has 9 nitrogen and oxygen atoms in total.